The van der Waals surface area contributed by atoms with Gasteiger partial charge in [-0.15, -0.1) is 0 Å². The lowest BCUT2D eigenvalue weighted by molar-refractivity contribution is 0.428. The molecular formula is C24H19FN2O4S. The molecule has 8 heteroatoms. The molecule has 0 aliphatic carbocycles. The Morgan fingerprint density at radius 1 is 0.938 bits per heavy atom. The summed E-state index contributed by atoms with van der Waals surface area (Å²) in [5.41, 5.74) is 1.16. The zero-order chi connectivity index (χ0) is 22.7. The molecule has 32 heavy (non-hydrogen) atoms. The molecule has 0 N–H and O–H groups in total. The standard InChI is InChI=1S/C24H19FN2O4S/c1-32(29,30)19-13-11-18(12-14-19)20-15-26-27(16-17-7-3-2-4-8-17)24(28)23(20)31-22-10-6-5-9-21(22)25/h2-15H,16H2,1H3. The lowest BCUT2D eigenvalue weighted by Crippen LogP contribution is -2.25. The molecule has 4 aromatic rings. The quantitative estimate of drug-likeness (QED) is 0.438. The average molecular weight is 450 g/mol. The molecule has 0 bridgehead atoms. The third-order valence-electron chi connectivity index (χ3n) is 4.82. The van der Waals surface area contributed by atoms with Crippen LogP contribution < -0.4 is 10.3 Å². The maximum absolute atomic E-state index is 14.3. The van der Waals surface area contributed by atoms with Gasteiger partial charge in [-0.2, -0.15) is 5.10 Å². The highest BCUT2D eigenvalue weighted by atomic mass is 32.2. The molecule has 0 unspecified atom stereocenters. The number of rotatable bonds is 6. The Hall–Kier alpha value is -3.78. The van der Waals surface area contributed by atoms with Crippen molar-refractivity contribution in [3.63, 3.8) is 0 Å². The highest BCUT2D eigenvalue weighted by Gasteiger charge is 2.18. The molecule has 0 aliphatic rings. The van der Waals surface area contributed by atoms with Crippen LogP contribution in [0.1, 0.15) is 5.56 Å². The molecule has 0 saturated heterocycles. The minimum Gasteiger partial charge on any atom is -0.448 e. The summed E-state index contributed by atoms with van der Waals surface area (Å²) < 4.78 is 44.8. The molecule has 1 aromatic heterocycles. The normalized spacial score (nSPS) is 11.3. The zero-order valence-electron chi connectivity index (χ0n) is 17.1. The van der Waals surface area contributed by atoms with Crippen molar-refractivity contribution in [2.45, 2.75) is 11.4 Å². The predicted molar refractivity (Wildman–Crippen MR) is 119 cm³/mol. The van der Waals surface area contributed by atoms with Crippen molar-refractivity contribution >= 4 is 9.84 Å². The summed E-state index contributed by atoms with van der Waals surface area (Å²) in [6.45, 7) is 0.209. The largest absolute Gasteiger partial charge is 0.448 e. The Kier molecular flexibility index (Phi) is 5.87. The van der Waals surface area contributed by atoms with E-state index in [1.807, 2.05) is 30.3 Å². The monoisotopic (exact) mass is 450 g/mol. The number of hydrogen-bond donors (Lipinski definition) is 0. The zero-order valence-corrected chi connectivity index (χ0v) is 17.9. The van der Waals surface area contributed by atoms with Crippen LogP contribution in [0.2, 0.25) is 0 Å². The maximum atomic E-state index is 14.3. The molecule has 6 nitrogen and oxygen atoms in total. The number of para-hydroxylation sites is 1. The van der Waals surface area contributed by atoms with Gasteiger partial charge in [-0.3, -0.25) is 4.79 Å². The molecule has 3 aromatic carbocycles. The van der Waals surface area contributed by atoms with E-state index in [2.05, 4.69) is 5.10 Å². The third-order valence-corrected chi connectivity index (χ3v) is 5.95. The highest BCUT2D eigenvalue weighted by molar-refractivity contribution is 7.90. The van der Waals surface area contributed by atoms with Gasteiger partial charge in [0, 0.05) is 6.26 Å². The first-order valence-electron chi connectivity index (χ1n) is 9.70. The number of sulfone groups is 1. The Balaban J connectivity index is 1.82. The summed E-state index contributed by atoms with van der Waals surface area (Å²) in [7, 11) is -3.38. The number of nitrogens with zero attached hydrogens (tertiary/aromatic N) is 2. The van der Waals surface area contributed by atoms with Gasteiger partial charge in [0.05, 0.1) is 23.2 Å². The first-order chi connectivity index (χ1) is 15.3. The van der Waals surface area contributed by atoms with Gasteiger partial charge in [0.15, 0.2) is 21.4 Å². The summed E-state index contributed by atoms with van der Waals surface area (Å²) in [5.74, 6) is -0.819. The minimum atomic E-state index is -3.38. The number of benzene rings is 3. The SMILES string of the molecule is CS(=O)(=O)c1ccc(-c2cnn(Cc3ccccc3)c(=O)c2Oc2ccccc2F)cc1. The smallest absolute Gasteiger partial charge is 0.310 e. The predicted octanol–water partition coefficient (Wildman–Crippen LogP) is 4.29. The lowest BCUT2D eigenvalue weighted by Gasteiger charge is -2.14. The van der Waals surface area contributed by atoms with Crippen LogP contribution in [-0.2, 0) is 16.4 Å². The van der Waals surface area contributed by atoms with Gasteiger partial charge in [-0.05, 0) is 35.4 Å². The van der Waals surface area contributed by atoms with E-state index in [-0.39, 0.29) is 22.9 Å². The fourth-order valence-electron chi connectivity index (χ4n) is 3.16. The van der Waals surface area contributed by atoms with Crippen molar-refractivity contribution < 1.29 is 17.5 Å². The van der Waals surface area contributed by atoms with E-state index >= 15 is 0 Å². The Labute approximate surface area is 184 Å². The Bertz CT molecular complexity index is 1420. The maximum Gasteiger partial charge on any atom is 0.310 e. The van der Waals surface area contributed by atoms with E-state index in [0.29, 0.717) is 11.1 Å². The van der Waals surface area contributed by atoms with E-state index in [9.17, 15) is 17.6 Å². The molecule has 0 atom stereocenters. The average Bonchev–Trinajstić information content (AvgIpc) is 2.78. The summed E-state index contributed by atoms with van der Waals surface area (Å²) in [6, 6.07) is 21.1. The van der Waals surface area contributed by atoms with Crippen molar-refractivity contribution in [1.29, 1.82) is 0 Å². The molecular weight excluding hydrogens is 431 g/mol. The fraction of sp³-hybridized carbons (Fsp3) is 0.0833. The van der Waals surface area contributed by atoms with Crippen LogP contribution in [0, 0.1) is 5.82 Å². The van der Waals surface area contributed by atoms with Gasteiger partial charge < -0.3 is 4.74 Å². The Morgan fingerprint density at radius 2 is 1.59 bits per heavy atom. The topological polar surface area (TPSA) is 78.3 Å². The molecule has 162 valence electrons. The molecule has 0 amide bonds. The lowest BCUT2D eigenvalue weighted by atomic mass is 10.1. The molecule has 0 radical (unpaired) electrons. The first kappa shape index (κ1) is 21.5. The molecule has 0 saturated carbocycles. The van der Waals surface area contributed by atoms with Crippen LogP contribution in [0.4, 0.5) is 4.39 Å². The summed E-state index contributed by atoms with van der Waals surface area (Å²) in [5, 5.41) is 4.26. The van der Waals surface area contributed by atoms with E-state index in [4.69, 9.17) is 4.74 Å². The number of aromatic nitrogens is 2. The van der Waals surface area contributed by atoms with Crippen molar-refractivity contribution in [3.05, 3.63) is 107 Å². The number of hydrogen-bond acceptors (Lipinski definition) is 5. The molecule has 0 spiro atoms. The van der Waals surface area contributed by atoms with Gasteiger partial charge in [0.25, 0.3) is 0 Å². The van der Waals surface area contributed by atoms with Crippen molar-refractivity contribution in [2.75, 3.05) is 6.26 Å². The van der Waals surface area contributed by atoms with Gasteiger partial charge in [-0.25, -0.2) is 17.5 Å². The fourth-order valence-corrected chi connectivity index (χ4v) is 3.79. The number of halogens is 1. The van der Waals surface area contributed by atoms with Crippen LogP contribution in [0.3, 0.4) is 0 Å². The summed E-state index contributed by atoms with van der Waals surface area (Å²) in [6.07, 6.45) is 2.57. The van der Waals surface area contributed by atoms with Crippen LogP contribution in [0.5, 0.6) is 11.5 Å². The summed E-state index contributed by atoms with van der Waals surface area (Å²) >= 11 is 0. The van der Waals surface area contributed by atoms with Crippen LogP contribution >= 0.6 is 0 Å². The van der Waals surface area contributed by atoms with Crippen LogP contribution in [0.15, 0.2) is 94.7 Å². The van der Waals surface area contributed by atoms with Gasteiger partial charge >= 0.3 is 5.56 Å². The first-order valence-corrected chi connectivity index (χ1v) is 11.6. The van der Waals surface area contributed by atoms with Crippen molar-refractivity contribution in [1.82, 2.24) is 9.78 Å². The third kappa shape index (κ3) is 4.60. The highest BCUT2D eigenvalue weighted by Crippen LogP contribution is 2.31. The number of ether oxygens (including phenoxy) is 1. The second kappa shape index (κ2) is 8.76. The molecule has 0 fully saturated rings. The van der Waals surface area contributed by atoms with Gasteiger partial charge in [0.2, 0.25) is 5.75 Å². The van der Waals surface area contributed by atoms with Crippen LogP contribution in [-0.4, -0.2) is 24.5 Å². The van der Waals surface area contributed by atoms with Crippen LogP contribution in [0.25, 0.3) is 11.1 Å². The van der Waals surface area contributed by atoms with Gasteiger partial charge in [0.1, 0.15) is 0 Å². The summed E-state index contributed by atoms with van der Waals surface area (Å²) in [4.78, 5) is 13.4. The molecule has 0 aliphatic heterocycles. The minimum absolute atomic E-state index is 0.101. The Morgan fingerprint density at radius 3 is 2.25 bits per heavy atom. The van der Waals surface area contributed by atoms with E-state index in [0.717, 1.165) is 11.8 Å². The molecule has 1 heterocycles. The molecule has 4 rings (SSSR count). The second-order valence-corrected chi connectivity index (χ2v) is 9.18. The van der Waals surface area contributed by atoms with Crippen molar-refractivity contribution in [2.24, 2.45) is 0 Å². The second-order valence-electron chi connectivity index (χ2n) is 7.16. The van der Waals surface area contributed by atoms with E-state index < -0.39 is 21.2 Å². The van der Waals surface area contributed by atoms with Gasteiger partial charge in [-0.1, -0.05) is 54.6 Å². The van der Waals surface area contributed by atoms with E-state index in [1.165, 1.54) is 41.2 Å². The van der Waals surface area contributed by atoms with E-state index in [1.54, 1.807) is 18.2 Å². The van der Waals surface area contributed by atoms with Crippen molar-refractivity contribution in [3.8, 4) is 22.6 Å².